The van der Waals surface area contributed by atoms with E-state index in [-0.39, 0.29) is 36.1 Å². The van der Waals surface area contributed by atoms with E-state index in [2.05, 4.69) is 10.6 Å². The summed E-state index contributed by atoms with van der Waals surface area (Å²) in [5, 5.41) is 5.83. The predicted octanol–water partition coefficient (Wildman–Crippen LogP) is 1.88. The van der Waals surface area contributed by atoms with Crippen LogP contribution in [0.3, 0.4) is 0 Å². The third-order valence-electron chi connectivity index (χ3n) is 4.92. The number of piperidine rings is 1. The fraction of sp³-hybridized carbons (Fsp3) is 0.600. The highest BCUT2D eigenvalue weighted by Gasteiger charge is 2.28. The highest BCUT2D eigenvalue weighted by Crippen LogP contribution is 2.19. The van der Waals surface area contributed by atoms with Crippen LogP contribution in [0, 0.1) is 6.92 Å². The number of carbonyl (C=O) groups is 2. The lowest BCUT2D eigenvalue weighted by Gasteiger charge is -2.32. The van der Waals surface area contributed by atoms with Gasteiger partial charge in [0, 0.05) is 26.1 Å². The van der Waals surface area contributed by atoms with Crippen molar-refractivity contribution in [3.63, 3.8) is 0 Å². The van der Waals surface area contributed by atoms with Crippen LogP contribution >= 0.6 is 0 Å². The van der Waals surface area contributed by atoms with Crippen LogP contribution in [0.4, 0.5) is 0 Å². The molecule has 1 atom stereocenters. The van der Waals surface area contributed by atoms with Gasteiger partial charge in [-0.2, -0.15) is 0 Å². The molecule has 0 bridgehead atoms. The molecule has 0 spiro atoms. The summed E-state index contributed by atoms with van der Waals surface area (Å²) in [6, 6.07) is 7.31. The van der Waals surface area contributed by atoms with Gasteiger partial charge in [0.25, 0.3) is 0 Å². The van der Waals surface area contributed by atoms with Crippen LogP contribution in [0.5, 0.6) is 0 Å². The number of aryl methyl sites for hydroxylation is 1. The van der Waals surface area contributed by atoms with E-state index in [4.69, 9.17) is 0 Å². The smallest absolute Gasteiger partial charge is 0.222 e. The maximum atomic E-state index is 12.5. The lowest BCUT2D eigenvalue weighted by atomic mass is 10.0. The fourth-order valence-electron chi connectivity index (χ4n) is 3.43. The number of hydrogen-bond donors (Lipinski definition) is 2. The molecular formula is C20H31N3O4S. The van der Waals surface area contributed by atoms with E-state index in [1.807, 2.05) is 38.1 Å². The SMILES string of the molecule is CCCS(=O)(=O)N1CCC(NC(=O)CC(NC(C)=O)c2ccc(C)cc2)CC1. The van der Waals surface area contributed by atoms with Crippen molar-refractivity contribution < 1.29 is 18.0 Å². The third kappa shape index (κ3) is 6.60. The Labute approximate surface area is 167 Å². The van der Waals surface area contributed by atoms with Gasteiger partial charge in [-0.1, -0.05) is 36.8 Å². The summed E-state index contributed by atoms with van der Waals surface area (Å²) in [5.41, 5.74) is 2.00. The Morgan fingerprint density at radius 3 is 2.32 bits per heavy atom. The molecule has 0 aliphatic carbocycles. The standard InChI is InChI=1S/C20H31N3O4S/c1-4-13-28(26,27)23-11-9-18(10-12-23)22-20(25)14-19(21-16(3)24)17-7-5-15(2)6-8-17/h5-8,18-19H,4,9-14H2,1-3H3,(H,21,24)(H,22,25). The molecule has 1 unspecified atom stereocenters. The molecule has 1 aromatic rings. The molecule has 8 heteroatoms. The number of rotatable bonds is 8. The molecule has 0 aromatic heterocycles. The molecule has 2 amide bonds. The zero-order valence-electron chi connectivity index (χ0n) is 16.9. The zero-order chi connectivity index (χ0) is 20.7. The third-order valence-corrected chi connectivity index (χ3v) is 7.00. The van der Waals surface area contributed by atoms with Crippen molar-refractivity contribution >= 4 is 21.8 Å². The number of nitrogens with one attached hydrogen (secondary N) is 2. The van der Waals surface area contributed by atoms with Gasteiger partial charge in [-0.05, 0) is 31.7 Å². The Bertz CT molecular complexity index is 769. The van der Waals surface area contributed by atoms with Gasteiger partial charge in [-0.25, -0.2) is 12.7 Å². The number of benzene rings is 1. The predicted molar refractivity (Wildman–Crippen MR) is 109 cm³/mol. The normalized spacial score (nSPS) is 17.1. The Balaban J connectivity index is 1.91. The second kappa shape index (κ2) is 10.0. The summed E-state index contributed by atoms with van der Waals surface area (Å²) in [6.45, 7) is 6.13. The molecule has 2 rings (SSSR count). The van der Waals surface area contributed by atoms with E-state index < -0.39 is 10.0 Å². The van der Waals surface area contributed by atoms with Crippen LogP contribution in [0.15, 0.2) is 24.3 Å². The monoisotopic (exact) mass is 409 g/mol. The van der Waals surface area contributed by atoms with Crippen LogP contribution in [-0.2, 0) is 19.6 Å². The highest BCUT2D eigenvalue weighted by atomic mass is 32.2. The molecule has 1 saturated heterocycles. The van der Waals surface area contributed by atoms with Crippen LogP contribution in [0.1, 0.15) is 56.7 Å². The van der Waals surface area contributed by atoms with Gasteiger partial charge in [0.2, 0.25) is 21.8 Å². The van der Waals surface area contributed by atoms with E-state index in [1.165, 1.54) is 11.2 Å². The van der Waals surface area contributed by atoms with Crippen LogP contribution in [-0.4, -0.2) is 49.4 Å². The first kappa shape index (κ1) is 22.4. The van der Waals surface area contributed by atoms with Gasteiger partial charge >= 0.3 is 0 Å². The summed E-state index contributed by atoms with van der Waals surface area (Å²) in [6.07, 6.45) is 1.95. The van der Waals surface area contributed by atoms with Crippen molar-refractivity contribution in [1.82, 2.24) is 14.9 Å². The fourth-order valence-corrected chi connectivity index (χ4v) is 4.97. The summed E-state index contributed by atoms with van der Waals surface area (Å²) in [7, 11) is -3.18. The minimum absolute atomic E-state index is 0.0448. The second-order valence-corrected chi connectivity index (χ2v) is 9.51. The van der Waals surface area contributed by atoms with Gasteiger partial charge in [0.05, 0.1) is 18.2 Å². The van der Waals surface area contributed by atoms with E-state index in [1.54, 1.807) is 0 Å². The van der Waals surface area contributed by atoms with Crippen LogP contribution in [0.25, 0.3) is 0 Å². The molecule has 0 radical (unpaired) electrons. The minimum Gasteiger partial charge on any atom is -0.353 e. The molecule has 1 aliphatic rings. The highest BCUT2D eigenvalue weighted by molar-refractivity contribution is 7.89. The first-order valence-electron chi connectivity index (χ1n) is 9.82. The largest absolute Gasteiger partial charge is 0.353 e. The Hall–Kier alpha value is -1.93. The molecule has 28 heavy (non-hydrogen) atoms. The van der Waals surface area contributed by atoms with E-state index in [0.717, 1.165) is 11.1 Å². The van der Waals surface area contributed by atoms with E-state index >= 15 is 0 Å². The molecule has 2 N–H and O–H groups in total. The zero-order valence-corrected chi connectivity index (χ0v) is 17.7. The summed E-state index contributed by atoms with van der Waals surface area (Å²) in [5.74, 6) is -0.166. The van der Waals surface area contributed by atoms with Crippen LogP contribution < -0.4 is 10.6 Å². The van der Waals surface area contributed by atoms with E-state index in [0.29, 0.717) is 32.4 Å². The average molecular weight is 410 g/mol. The summed E-state index contributed by atoms with van der Waals surface area (Å²) < 4.78 is 25.8. The number of sulfonamides is 1. The van der Waals surface area contributed by atoms with Crippen molar-refractivity contribution in [2.75, 3.05) is 18.8 Å². The maximum absolute atomic E-state index is 12.5. The first-order valence-corrected chi connectivity index (χ1v) is 11.4. The van der Waals surface area contributed by atoms with Gasteiger partial charge in [0.15, 0.2) is 0 Å². The molecule has 7 nitrogen and oxygen atoms in total. The van der Waals surface area contributed by atoms with Crippen molar-refractivity contribution in [3.8, 4) is 0 Å². The lowest BCUT2D eigenvalue weighted by molar-refractivity contribution is -0.123. The Morgan fingerprint density at radius 2 is 1.79 bits per heavy atom. The first-order chi connectivity index (χ1) is 13.2. The lowest BCUT2D eigenvalue weighted by Crippen LogP contribution is -2.47. The van der Waals surface area contributed by atoms with Crippen molar-refractivity contribution in [3.05, 3.63) is 35.4 Å². The number of amides is 2. The quantitative estimate of drug-likeness (QED) is 0.685. The number of nitrogens with zero attached hydrogens (tertiary/aromatic N) is 1. The molecule has 1 aromatic carbocycles. The van der Waals surface area contributed by atoms with Crippen molar-refractivity contribution in [1.29, 1.82) is 0 Å². The molecule has 1 fully saturated rings. The van der Waals surface area contributed by atoms with Gasteiger partial charge in [0.1, 0.15) is 0 Å². The number of hydrogen-bond acceptors (Lipinski definition) is 4. The second-order valence-electron chi connectivity index (χ2n) is 7.42. The molecule has 0 saturated carbocycles. The average Bonchev–Trinajstić information content (AvgIpc) is 2.62. The molecule has 156 valence electrons. The van der Waals surface area contributed by atoms with Crippen molar-refractivity contribution in [2.45, 2.75) is 58.5 Å². The van der Waals surface area contributed by atoms with Gasteiger partial charge < -0.3 is 10.6 Å². The minimum atomic E-state index is -3.18. The summed E-state index contributed by atoms with van der Waals surface area (Å²) in [4.78, 5) is 24.1. The van der Waals surface area contributed by atoms with Crippen LogP contribution in [0.2, 0.25) is 0 Å². The topological polar surface area (TPSA) is 95.6 Å². The Kier molecular flexibility index (Phi) is 8.00. The van der Waals surface area contributed by atoms with E-state index in [9.17, 15) is 18.0 Å². The molecule has 1 heterocycles. The number of carbonyl (C=O) groups excluding carboxylic acids is 2. The van der Waals surface area contributed by atoms with Gasteiger partial charge in [-0.3, -0.25) is 9.59 Å². The molecular weight excluding hydrogens is 378 g/mol. The molecule has 1 aliphatic heterocycles. The summed E-state index contributed by atoms with van der Waals surface area (Å²) >= 11 is 0. The Morgan fingerprint density at radius 1 is 1.18 bits per heavy atom. The van der Waals surface area contributed by atoms with Gasteiger partial charge in [-0.15, -0.1) is 0 Å². The van der Waals surface area contributed by atoms with Crippen molar-refractivity contribution in [2.24, 2.45) is 0 Å². The maximum Gasteiger partial charge on any atom is 0.222 e.